The molecule has 1 aromatic rings. The van der Waals surface area contributed by atoms with Gasteiger partial charge in [0, 0.05) is 0 Å². The van der Waals surface area contributed by atoms with Crippen LogP contribution in [0.15, 0.2) is 29.2 Å². The van der Waals surface area contributed by atoms with E-state index in [1.54, 1.807) is 0 Å². The van der Waals surface area contributed by atoms with Crippen LogP contribution in [-0.4, -0.2) is 34.1 Å². The summed E-state index contributed by atoms with van der Waals surface area (Å²) < 4.78 is 48.0. The second-order valence-corrected chi connectivity index (χ2v) is 9.42. The highest BCUT2D eigenvalue weighted by molar-refractivity contribution is 7.95. The molecule has 21 heavy (non-hydrogen) atoms. The van der Waals surface area contributed by atoms with E-state index in [1.165, 1.54) is 24.3 Å². The largest absolute Gasteiger partial charge is 0.229 e. The molecule has 0 aliphatic heterocycles. The first-order valence-electron chi connectivity index (χ1n) is 6.63. The summed E-state index contributed by atoms with van der Waals surface area (Å²) in [5.74, 6) is -0.839. The standard InChI is InChI=1S/C14H19NO4S2/c1-3-12(2)11-20(16,17)7-8-21(18,19)14-6-4-5-13(9-14)10-15/h4-6,9,12H,3,7-8,11H2,1-2H3. The number of rotatable bonds is 7. The van der Waals surface area contributed by atoms with Crippen LogP contribution in [0.3, 0.4) is 0 Å². The molecule has 1 rings (SSSR count). The summed E-state index contributed by atoms with van der Waals surface area (Å²) in [5, 5.41) is 8.77. The number of nitrogens with zero attached hydrogens (tertiary/aromatic N) is 1. The molecule has 1 aromatic carbocycles. The lowest BCUT2D eigenvalue weighted by Gasteiger charge is -2.10. The molecule has 0 saturated carbocycles. The van der Waals surface area contributed by atoms with Crippen LogP contribution in [0.1, 0.15) is 25.8 Å². The summed E-state index contributed by atoms with van der Waals surface area (Å²) in [6.45, 7) is 3.72. The molecule has 0 radical (unpaired) electrons. The van der Waals surface area contributed by atoms with Crippen LogP contribution in [0.2, 0.25) is 0 Å². The van der Waals surface area contributed by atoms with Crippen molar-refractivity contribution in [2.75, 3.05) is 17.3 Å². The number of benzene rings is 1. The molecule has 0 aliphatic rings. The quantitative estimate of drug-likeness (QED) is 0.760. The first-order valence-corrected chi connectivity index (χ1v) is 10.1. The monoisotopic (exact) mass is 329 g/mol. The van der Waals surface area contributed by atoms with E-state index in [0.29, 0.717) is 0 Å². The molecule has 0 fully saturated rings. The van der Waals surface area contributed by atoms with E-state index in [0.717, 1.165) is 6.42 Å². The molecule has 0 aromatic heterocycles. The summed E-state index contributed by atoms with van der Waals surface area (Å²) in [5.41, 5.74) is 0.235. The minimum absolute atomic E-state index is 0.00272. The fourth-order valence-electron chi connectivity index (χ4n) is 1.75. The smallest absolute Gasteiger partial charge is 0.179 e. The highest BCUT2D eigenvalue weighted by Crippen LogP contribution is 2.14. The highest BCUT2D eigenvalue weighted by Gasteiger charge is 2.21. The maximum atomic E-state index is 12.1. The van der Waals surface area contributed by atoms with Gasteiger partial charge in [0.05, 0.1) is 33.8 Å². The summed E-state index contributed by atoms with van der Waals surface area (Å²) in [7, 11) is -7.09. The van der Waals surface area contributed by atoms with E-state index in [1.807, 2.05) is 19.9 Å². The SMILES string of the molecule is CCC(C)CS(=O)(=O)CCS(=O)(=O)c1cccc(C#N)c1. The zero-order valence-corrected chi connectivity index (χ0v) is 13.7. The van der Waals surface area contributed by atoms with Crippen molar-refractivity contribution < 1.29 is 16.8 Å². The van der Waals surface area contributed by atoms with Gasteiger partial charge in [-0.3, -0.25) is 0 Å². The van der Waals surface area contributed by atoms with Gasteiger partial charge < -0.3 is 0 Å². The molecule has 116 valence electrons. The average Bonchev–Trinajstić information content (AvgIpc) is 2.45. The maximum absolute atomic E-state index is 12.1. The number of hydrogen-bond donors (Lipinski definition) is 0. The molecule has 1 atom stereocenters. The zero-order chi connectivity index (χ0) is 16.1. The number of hydrogen-bond acceptors (Lipinski definition) is 5. The lowest BCUT2D eigenvalue weighted by molar-refractivity contribution is 0.563. The minimum Gasteiger partial charge on any atom is -0.229 e. The minimum atomic E-state index is -3.70. The molecule has 5 nitrogen and oxygen atoms in total. The summed E-state index contributed by atoms with van der Waals surface area (Å²) in [6.07, 6.45) is 0.732. The maximum Gasteiger partial charge on any atom is 0.179 e. The van der Waals surface area contributed by atoms with Crippen molar-refractivity contribution in [3.63, 3.8) is 0 Å². The lowest BCUT2D eigenvalue weighted by Crippen LogP contribution is -2.22. The van der Waals surface area contributed by atoms with Crippen molar-refractivity contribution in [2.45, 2.75) is 25.2 Å². The van der Waals surface area contributed by atoms with E-state index >= 15 is 0 Å². The van der Waals surface area contributed by atoms with Gasteiger partial charge in [-0.25, -0.2) is 16.8 Å². The molecule has 0 N–H and O–H groups in total. The molecule has 7 heteroatoms. The van der Waals surface area contributed by atoms with Crippen LogP contribution < -0.4 is 0 Å². The van der Waals surface area contributed by atoms with Crippen molar-refractivity contribution in [3.8, 4) is 6.07 Å². The predicted octanol–water partition coefficient (Wildman–Crippen LogP) is 1.79. The molecule has 0 heterocycles. The van der Waals surface area contributed by atoms with Gasteiger partial charge >= 0.3 is 0 Å². The van der Waals surface area contributed by atoms with Crippen molar-refractivity contribution >= 4 is 19.7 Å². The third-order valence-corrected chi connectivity index (χ3v) is 7.10. The van der Waals surface area contributed by atoms with Crippen LogP contribution in [-0.2, 0) is 19.7 Å². The topological polar surface area (TPSA) is 92.1 Å². The molecular weight excluding hydrogens is 310 g/mol. The van der Waals surface area contributed by atoms with Gasteiger partial charge in [0.25, 0.3) is 0 Å². The Morgan fingerprint density at radius 2 is 1.86 bits per heavy atom. The molecule has 1 unspecified atom stereocenters. The normalized spacial score (nSPS) is 13.6. The van der Waals surface area contributed by atoms with Crippen molar-refractivity contribution in [1.29, 1.82) is 5.26 Å². The zero-order valence-electron chi connectivity index (χ0n) is 12.1. The average molecular weight is 329 g/mol. The second-order valence-electron chi connectivity index (χ2n) is 5.09. The van der Waals surface area contributed by atoms with E-state index in [2.05, 4.69) is 0 Å². The molecule has 0 bridgehead atoms. The summed E-state index contributed by atoms with van der Waals surface area (Å²) >= 11 is 0. The predicted molar refractivity (Wildman–Crippen MR) is 81.3 cm³/mol. The molecule has 0 aliphatic carbocycles. The van der Waals surface area contributed by atoms with Gasteiger partial charge in [0.2, 0.25) is 0 Å². The summed E-state index contributed by atoms with van der Waals surface area (Å²) in [4.78, 5) is -0.0136. The van der Waals surface area contributed by atoms with Crippen molar-refractivity contribution in [1.82, 2.24) is 0 Å². The summed E-state index contributed by atoms with van der Waals surface area (Å²) in [6, 6.07) is 7.47. The van der Waals surface area contributed by atoms with Gasteiger partial charge in [0.1, 0.15) is 0 Å². The Morgan fingerprint density at radius 1 is 1.19 bits per heavy atom. The van der Waals surface area contributed by atoms with Crippen molar-refractivity contribution in [2.24, 2.45) is 5.92 Å². The Hall–Kier alpha value is -1.39. The third kappa shape index (κ3) is 5.48. The van der Waals surface area contributed by atoms with Crippen LogP contribution >= 0.6 is 0 Å². The molecular formula is C14H19NO4S2. The van der Waals surface area contributed by atoms with Gasteiger partial charge in [-0.05, 0) is 24.1 Å². The Morgan fingerprint density at radius 3 is 2.43 bits per heavy atom. The lowest BCUT2D eigenvalue weighted by atomic mass is 10.2. The second kappa shape index (κ2) is 7.05. The van der Waals surface area contributed by atoms with Crippen LogP contribution in [0, 0.1) is 17.2 Å². The Balaban J connectivity index is 2.84. The highest BCUT2D eigenvalue weighted by atomic mass is 32.2. The Kier molecular flexibility index (Phi) is 5.93. The first-order chi connectivity index (χ1) is 9.70. The fraction of sp³-hybridized carbons (Fsp3) is 0.500. The van der Waals surface area contributed by atoms with Crippen LogP contribution in [0.25, 0.3) is 0 Å². The van der Waals surface area contributed by atoms with E-state index in [9.17, 15) is 16.8 Å². The fourth-order valence-corrected chi connectivity index (χ4v) is 5.74. The van der Waals surface area contributed by atoms with Gasteiger partial charge in [0.15, 0.2) is 19.7 Å². The van der Waals surface area contributed by atoms with E-state index in [4.69, 9.17) is 5.26 Å². The van der Waals surface area contributed by atoms with Crippen LogP contribution in [0.4, 0.5) is 0 Å². The van der Waals surface area contributed by atoms with E-state index < -0.39 is 31.2 Å². The molecule has 0 spiro atoms. The third-order valence-electron chi connectivity index (χ3n) is 3.22. The van der Waals surface area contributed by atoms with Gasteiger partial charge in [-0.2, -0.15) is 5.26 Å². The van der Waals surface area contributed by atoms with E-state index in [-0.39, 0.29) is 22.1 Å². The van der Waals surface area contributed by atoms with Crippen LogP contribution in [0.5, 0.6) is 0 Å². The molecule has 0 amide bonds. The Labute approximate surface area is 126 Å². The Bertz CT molecular complexity index is 730. The van der Waals surface area contributed by atoms with Crippen molar-refractivity contribution in [3.05, 3.63) is 29.8 Å². The number of nitriles is 1. The van der Waals surface area contributed by atoms with Gasteiger partial charge in [-0.15, -0.1) is 0 Å². The number of sulfone groups is 2. The van der Waals surface area contributed by atoms with Gasteiger partial charge in [-0.1, -0.05) is 26.3 Å². The first kappa shape index (κ1) is 17.7. The molecule has 0 saturated heterocycles.